The third kappa shape index (κ3) is 3.86. The number of phenols is 1. The number of Topliss-reactive ketones (excluding diaryl/α,β-unsaturated/α-hetero) is 1. The van der Waals surface area contributed by atoms with E-state index in [4.69, 9.17) is 21.1 Å². The van der Waals surface area contributed by atoms with Crippen molar-refractivity contribution in [2.75, 3.05) is 13.7 Å². The highest BCUT2D eigenvalue weighted by atomic mass is 35.5. The van der Waals surface area contributed by atoms with E-state index in [1.165, 1.54) is 7.11 Å². The minimum absolute atomic E-state index is 0.0301. The fourth-order valence-electron chi connectivity index (χ4n) is 4.23. The van der Waals surface area contributed by atoms with Crippen molar-refractivity contribution in [2.24, 2.45) is 11.3 Å². The van der Waals surface area contributed by atoms with Crippen LogP contribution in [0.1, 0.15) is 45.6 Å². The maximum Gasteiger partial charge on any atom is 0.336 e. The monoisotopic (exact) mass is 419 g/mol. The van der Waals surface area contributed by atoms with Gasteiger partial charge in [-0.2, -0.15) is 0 Å². The van der Waals surface area contributed by atoms with Crippen molar-refractivity contribution in [1.29, 1.82) is 0 Å². The van der Waals surface area contributed by atoms with E-state index in [0.29, 0.717) is 23.3 Å². The van der Waals surface area contributed by atoms with E-state index in [2.05, 4.69) is 11.4 Å². The van der Waals surface area contributed by atoms with E-state index in [9.17, 15) is 14.7 Å². The Balaban J connectivity index is 2.26. The number of nitrogens with one attached hydrogen (secondary N) is 1. The van der Waals surface area contributed by atoms with Crippen LogP contribution < -0.4 is 10.1 Å². The first-order chi connectivity index (χ1) is 13.6. The van der Waals surface area contributed by atoms with E-state index in [-0.39, 0.29) is 34.3 Å². The summed E-state index contributed by atoms with van der Waals surface area (Å²) >= 11 is 6.22. The number of esters is 1. The Morgan fingerprint density at radius 2 is 2.03 bits per heavy atom. The average Bonchev–Trinajstić information content (AvgIpc) is 2.61. The number of carbonyl (C=O) groups excluding carboxylic acids is 2. The van der Waals surface area contributed by atoms with E-state index in [0.717, 1.165) is 5.70 Å². The smallest absolute Gasteiger partial charge is 0.336 e. The number of benzene rings is 1. The van der Waals surface area contributed by atoms with Crippen molar-refractivity contribution in [3.05, 3.63) is 45.8 Å². The second kappa shape index (κ2) is 7.75. The number of ether oxygens (including phenoxy) is 2. The second-order valence-electron chi connectivity index (χ2n) is 8.12. The molecule has 0 bridgehead atoms. The maximum absolute atomic E-state index is 13.2. The second-order valence-corrected chi connectivity index (χ2v) is 8.53. The molecule has 1 aliphatic carbocycles. The molecule has 2 atom stereocenters. The number of methoxy groups -OCH3 is 1. The number of aromatic hydroxyl groups is 1. The van der Waals surface area contributed by atoms with Gasteiger partial charge in [0, 0.05) is 23.7 Å². The Morgan fingerprint density at radius 1 is 1.34 bits per heavy atom. The lowest BCUT2D eigenvalue weighted by Gasteiger charge is -2.41. The number of carbonyl (C=O) groups is 2. The molecule has 0 saturated heterocycles. The summed E-state index contributed by atoms with van der Waals surface area (Å²) in [5.74, 6) is -1.63. The number of rotatable bonds is 4. The quantitative estimate of drug-likeness (QED) is 0.715. The molecule has 2 N–H and O–H groups in total. The lowest BCUT2D eigenvalue weighted by molar-refractivity contribution is -0.139. The van der Waals surface area contributed by atoms with Crippen LogP contribution in [0, 0.1) is 11.3 Å². The van der Waals surface area contributed by atoms with E-state index >= 15 is 0 Å². The summed E-state index contributed by atoms with van der Waals surface area (Å²) < 4.78 is 10.5. The number of hydrogen-bond acceptors (Lipinski definition) is 6. The molecule has 156 valence electrons. The summed E-state index contributed by atoms with van der Waals surface area (Å²) in [4.78, 5) is 26.0. The molecular weight excluding hydrogens is 394 g/mol. The van der Waals surface area contributed by atoms with E-state index in [1.807, 2.05) is 13.8 Å². The number of halogens is 1. The van der Waals surface area contributed by atoms with Gasteiger partial charge in [-0.1, -0.05) is 31.5 Å². The Bertz CT molecular complexity index is 931. The SMILES string of the molecule is CCOC(=O)C1=C(C)NC2=CC(C)(C)CC(=O)C2C1c1cc(Cl)c(O)c(OC)c1. The highest BCUT2D eigenvalue weighted by Crippen LogP contribution is 2.49. The Kier molecular flexibility index (Phi) is 5.68. The zero-order chi connectivity index (χ0) is 21.5. The zero-order valence-electron chi connectivity index (χ0n) is 17.3. The molecule has 1 heterocycles. The van der Waals surface area contributed by atoms with Gasteiger partial charge in [0.05, 0.1) is 30.2 Å². The van der Waals surface area contributed by atoms with Gasteiger partial charge in [0.25, 0.3) is 0 Å². The molecule has 0 radical (unpaired) electrons. The molecule has 0 saturated carbocycles. The highest BCUT2D eigenvalue weighted by Gasteiger charge is 2.46. The molecule has 2 aliphatic rings. The van der Waals surface area contributed by atoms with Crippen LogP contribution in [0.2, 0.25) is 5.02 Å². The number of allylic oxidation sites excluding steroid dienone is 3. The van der Waals surface area contributed by atoms with E-state index in [1.54, 1.807) is 26.0 Å². The standard InChI is InChI=1S/C22H26ClNO5/c1-6-29-21(27)17-11(2)24-14-9-22(3,4)10-15(25)19(14)18(17)12-7-13(23)20(26)16(8-12)28-5/h7-9,18-19,24,26H,6,10H2,1-5H3. The molecule has 6 nitrogen and oxygen atoms in total. The summed E-state index contributed by atoms with van der Waals surface area (Å²) in [7, 11) is 1.42. The third-order valence-electron chi connectivity index (χ3n) is 5.36. The molecule has 1 aliphatic heterocycles. The van der Waals surface area contributed by atoms with Crippen LogP contribution >= 0.6 is 11.6 Å². The van der Waals surface area contributed by atoms with E-state index < -0.39 is 17.8 Å². The number of hydrogen-bond donors (Lipinski definition) is 2. The molecule has 0 amide bonds. The van der Waals surface area contributed by atoms with Crippen molar-refractivity contribution in [2.45, 2.75) is 40.0 Å². The van der Waals surface area contributed by atoms with Gasteiger partial charge in [-0.25, -0.2) is 4.79 Å². The number of phenolic OH excluding ortho intramolecular Hbond substituents is 1. The van der Waals surface area contributed by atoms with Crippen molar-refractivity contribution in [3.8, 4) is 11.5 Å². The first-order valence-electron chi connectivity index (χ1n) is 9.56. The van der Waals surface area contributed by atoms with Crippen LogP contribution in [0.25, 0.3) is 0 Å². The Labute approximate surface area is 175 Å². The van der Waals surface area contributed by atoms with Crippen LogP contribution in [0.15, 0.2) is 35.2 Å². The molecule has 0 spiro atoms. The average molecular weight is 420 g/mol. The van der Waals surface area contributed by atoms with Crippen molar-refractivity contribution in [3.63, 3.8) is 0 Å². The third-order valence-corrected chi connectivity index (χ3v) is 5.65. The molecule has 3 rings (SSSR count). The number of ketones is 1. The molecule has 7 heteroatoms. The fraction of sp³-hybridized carbons (Fsp3) is 0.455. The van der Waals surface area contributed by atoms with Crippen LogP contribution in [-0.4, -0.2) is 30.6 Å². The first kappa shape index (κ1) is 21.2. The molecule has 1 aromatic carbocycles. The lowest BCUT2D eigenvalue weighted by atomic mass is 9.66. The Hall–Kier alpha value is -2.47. The predicted octanol–water partition coefficient (Wildman–Crippen LogP) is 4.08. The topological polar surface area (TPSA) is 84.9 Å². The van der Waals surface area contributed by atoms with Crippen LogP contribution in [0.3, 0.4) is 0 Å². The van der Waals surface area contributed by atoms with Gasteiger partial charge in [-0.15, -0.1) is 0 Å². The molecule has 29 heavy (non-hydrogen) atoms. The minimum atomic E-state index is -0.600. The van der Waals surface area contributed by atoms with Crippen molar-refractivity contribution in [1.82, 2.24) is 5.32 Å². The summed E-state index contributed by atoms with van der Waals surface area (Å²) in [5.41, 5.74) is 2.10. The highest BCUT2D eigenvalue weighted by molar-refractivity contribution is 6.32. The normalized spacial score (nSPS) is 23.1. The fourth-order valence-corrected chi connectivity index (χ4v) is 4.45. The first-order valence-corrected chi connectivity index (χ1v) is 9.94. The largest absolute Gasteiger partial charge is 0.503 e. The summed E-state index contributed by atoms with van der Waals surface area (Å²) in [5, 5.41) is 13.5. The summed E-state index contributed by atoms with van der Waals surface area (Å²) in [6.45, 7) is 7.76. The van der Waals surface area contributed by atoms with Crippen LogP contribution in [0.5, 0.6) is 11.5 Å². The van der Waals surface area contributed by atoms with Gasteiger partial charge in [-0.3, -0.25) is 4.79 Å². The predicted molar refractivity (Wildman–Crippen MR) is 110 cm³/mol. The Morgan fingerprint density at radius 3 is 2.66 bits per heavy atom. The zero-order valence-corrected chi connectivity index (χ0v) is 18.0. The molecule has 1 aromatic rings. The van der Waals surface area contributed by atoms with Gasteiger partial charge in [0.2, 0.25) is 0 Å². The van der Waals surface area contributed by atoms with Gasteiger partial charge in [-0.05, 0) is 37.0 Å². The molecular formula is C22H26ClNO5. The summed E-state index contributed by atoms with van der Waals surface area (Å²) in [6.07, 6.45) is 2.41. The summed E-state index contributed by atoms with van der Waals surface area (Å²) in [6, 6.07) is 3.20. The van der Waals surface area contributed by atoms with Gasteiger partial charge < -0.3 is 19.9 Å². The molecule has 0 aromatic heterocycles. The van der Waals surface area contributed by atoms with Gasteiger partial charge in [0.1, 0.15) is 5.78 Å². The van der Waals surface area contributed by atoms with Crippen molar-refractivity contribution < 1.29 is 24.2 Å². The maximum atomic E-state index is 13.2. The lowest BCUT2D eigenvalue weighted by Crippen LogP contribution is -2.43. The van der Waals surface area contributed by atoms with Gasteiger partial charge >= 0.3 is 5.97 Å². The minimum Gasteiger partial charge on any atom is -0.503 e. The van der Waals surface area contributed by atoms with Gasteiger partial charge in [0.15, 0.2) is 11.5 Å². The molecule has 0 fully saturated rings. The van der Waals surface area contributed by atoms with Crippen LogP contribution in [0.4, 0.5) is 0 Å². The van der Waals surface area contributed by atoms with Crippen LogP contribution in [-0.2, 0) is 14.3 Å². The number of fused-ring (bicyclic) bond motifs is 1. The molecule has 2 unspecified atom stereocenters. The van der Waals surface area contributed by atoms with Crippen molar-refractivity contribution >= 4 is 23.4 Å².